The molecule has 1 aromatic heterocycles. The predicted octanol–water partition coefficient (Wildman–Crippen LogP) is 3.42. The third-order valence-corrected chi connectivity index (χ3v) is 4.43. The molecule has 2 N–H and O–H groups in total. The van der Waals surface area contributed by atoms with Gasteiger partial charge in [-0.15, -0.1) is 11.8 Å². The first-order chi connectivity index (χ1) is 9.69. The van der Waals surface area contributed by atoms with Crippen LogP contribution >= 0.6 is 23.5 Å². The van der Waals surface area contributed by atoms with Crippen molar-refractivity contribution in [2.24, 2.45) is 5.73 Å². The lowest BCUT2D eigenvalue weighted by molar-refractivity contribution is 0.350. The molecule has 0 saturated heterocycles. The quantitative estimate of drug-likeness (QED) is 0.791. The Morgan fingerprint density at radius 1 is 1.40 bits per heavy atom. The molecule has 0 unspecified atom stereocenters. The first kappa shape index (κ1) is 15.4. The van der Waals surface area contributed by atoms with Gasteiger partial charge in [-0.3, -0.25) is 0 Å². The van der Waals surface area contributed by atoms with Gasteiger partial charge in [-0.1, -0.05) is 22.9 Å². The molecule has 4 nitrogen and oxygen atoms in total. The van der Waals surface area contributed by atoms with Crippen molar-refractivity contribution in [2.45, 2.75) is 30.0 Å². The van der Waals surface area contributed by atoms with Gasteiger partial charge in [-0.05, 0) is 37.5 Å². The summed E-state index contributed by atoms with van der Waals surface area (Å²) in [5.74, 6) is 2.93. The summed E-state index contributed by atoms with van der Waals surface area (Å²) in [6.07, 6.45) is 2.91. The van der Waals surface area contributed by atoms with Gasteiger partial charge in [-0.2, -0.15) is 16.7 Å². The molecular formula is C14H19N3OS2. The van der Waals surface area contributed by atoms with Crippen molar-refractivity contribution in [3.05, 3.63) is 41.5 Å². The number of nitrogens with two attached hydrogens (primary N) is 1. The van der Waals surface area contributed by atoms with Crippen LogP contribution < -0.4 is 5.73 Å². The number of thioether (sulfide) groups is 2. The molecule has 0 fully saturated rings. The molecule has 0 spiro atoms. The Labute approximate surface area is 127 Å². The van der Waals surface area contributed by atoms with E-state index < -0.39 is 0 Å². The van der Waals surface area contributed by atoms with Crippen LogP contribution in [0.3, 0.4) is 0 Å². The molecule has 108 valence electrons. The highest BCUT2D eigenvalue weighted by Gasteiger charge is 2.14. The third-order valence-electron chi connectivity index (χ3n) is 2.79. The first-order valence-electron chi connectivity index (χ1n) is 6.45. The zero-order valence-electron chi connectivity index (χ0n) is 11.7. The Balaban J connectivity index is 1.89. The second-order valence-electron chi connectivity index (χ2n) is 4.54. The fraction of sp³-hybridized carbons (Fsp3) is 0.429. The van der Waals surface area contributed by atoms with Crippen LogP contribution in [0.1, 0.15) is 29.7 Å². The molecule has 0 radical (unpaired) electrons. The summed E-state index contributed by atoms with van der Waals surface area (Å²) in [4.78, 5) is 5.58. The largest absolute Gasteiger partial charge is 0.338 e. The smallest absolute Gasteiger partial charge is 0.243 e. The molecule has 1 aromatic carbocycles. The third kappa shape index (κ3) is 4.54. The van der Waals surface area contributed by atoms with E-state index in [1.165, 1.54) is 10.5 Å². The van der Waals surface area contributed by atoms with E-state index in [-0.39, 0.29) is 6.04 Å². The summed E-state index contributed by atoms with van der Waals surface area (Å²) in [6, 6.07) is 8.21. The number of hydrogen-bond donors (Lipinski definition) is 1. The van der Waals surface area contributed by atoms with Gasteiger partial charge in [0, 0.05) is 4.90 Å². The molecule has 0 bridgehead atoms. The van der Waals surface area contributed by atoms with Crippen LogP contribution in [0.25, 0.3) is 0 Å². The van der Waals surface area contributed by atoms with Crippen LogP contribution in [0.4, 0.5) is 0 Å². The zero-order valence-corrected chi connectivity index (χ0v) is 13.3. The van der Waals surface area contributed by atoms with E-state index in [4.69, 9.17) is 10.3 Å². The number of aryl methyl sites for hydroxylation is 1. The molecule has 1 atom stereocenters. The SMILES string of the molecule is CSCC[C@H](N)c1nc(CSc2cccc(C)c2)no1. The highest BCUT2D eigenvalue weighted by Crippen LogP contribution is 2.23. The Hall–Kier alpha value is -0.980. The van der Waals surface area contributed by atoms with Gasteiger partial charge in [0.2, 0.25) is 5.89 Å². The molecule has 0 aliphatic heterocycles. The lowest BCUT2D eigenvalue weighted by Crippen LogP contribution is -2.11. The van der Waals surface area contributed by atoms with Crippen LogP contribution in [0.2, 0.25) is 0 Å². The molecule has 1 heterocycles. The fourth-order valence-corrected chi connectivity index (χ4v) is 3.04. The maximum absolute atomic E-state index is 6.01. The standard InChI is InChI=1S/C14H19N3OS2/c1-10-4-3-5-11(8-10)20-9-13-16-14(18-17-13)12(15)6-7-19-2/h3-5,8,12H,6-7,9,15H2,1-2H3/t12-/m0/s1. The molecule has 6 heteroatoms. The summed E-state index contributed by atoms with van der Waals surface area (Å²) in [7, 11) is 0. The predicted molar refractivity (Wildman–Crippen MR) is 85.0 cm³/mol. The molecule has 0 aliphatic rings. The minimum absolute atomic E-state index is 0.160. The van der Waals surface area contributed by atoms with Gasteiger partial charge in [-0.25, -0.2) is 0 Å². The van der Waals surface area contributed by atoms with Crippen molar-refractivity contribution in [3.63, 3.8) is 0 Å². The first-order valence-corrected chi connectivity index (χ1v) is 8.83. The Kier molecular flexibility index (Phi) is 5.94. The second-order valence-corrected chi connectivity index (χ2v) is 6.58. The van der Waals surface area contributed by atoms with Gasteiger partial charge >= 0.3 is 0 Å². The lowest BCUT2D eigenvalue weighted by atomic mass is 10.2. The van der Waals surface area contributed by atoms with E-state index in [2.05, 4.69) is 47.6 Å². The van der Waals surface area contributed by atoms with Crippen LogP contribution in [-0.4, -0.2) is 22.1 Å². The van der Waals surface area contributed by atoms with Gasteiger partial charge < -0.3 is 10.3 Å². The highest BCUT2D eigenvalue weighted by molar-refractivity contribution is 7.98. The van der Waals surface area contributed by atoms with Crippen molar-refractivity contribution in [1.82, 2.24) is 10.1 Å². The van der Waals surface area contributed by atoms with Crippen LogP contribution in [0.5, 0.6) is 0 Å². The Bertz CT molecular complexity index is 545. The topological polar surface area (TPSA) is 64.9 Å². The van der Waals surface area contributed by atoms with Gasteiger partial charge in [0.15, 0.2) is 5.82 Å². The second kappa shape index (κ2) is 7.71. The fourth-order valence-electron chi connectivity index (χ4n) is 1.70. The van der Waals surface area contributed by atoms with Crippen molar-refractivity contribution in [1.29, 1.82) is 0 Å². The van der Waals surface area contributed by atoms with Crippen LogP contribution in [0, 0.1) is 6.92 Å². The van der Waals surface area contributed by atoms with E-state index in [1.54, 1.807) is 23.5 Å². The van der Waals surface area contributed by atoms with Crippen molar-refractivity contribution in [3.8, 4) is 0 Å². The normalized spacial score (nSPS) is 12.6. The number of benzene rings is 1. The van der Waals surface area contributed by atoms with E-state index in [9.17, 15) is 0 Å². The van der Waals surface area contributed by atoms with Gasteiger partial charge in [0.1, 0.15) is 0 Å². The van der Waals surface area contributed by atoms with Crippen molar-refractivity contribution in [2.75, 3.05) is 12.0 Å². The maximum atomic E-state index is 6.01. The lowest BCUT2D eigenvalue weighted by Gasteiger charge is -2.03. The summed E-state index contributed by atoms with van der Waals surface area (Å²) >= 11 is 3.47. The average molecular weight is 309 g/mol. The Morgan fingerprint density at radius 2 is 2.25 bits per heavy atom. The molecule has 0 amide bonds. The van der Waals surface area contributed by atoms with E-state index >= 15 is 0 Å². The monoisotopic (exact) mass is 309 g/mol. The number of nitrogens with zero attached hydrogens (tertiary/aromatic N) is 2. The van der Waals surface area contributed by atoms with E-state index in [0.29, 0.717) is 17.5 Å². The Morgan fingerprint density at radius 3 is 3.00 bits per heavy atom. The molecule has 20 heavy (non-hydrogen) atoms. The summed E-state index contributed by atoms with van der Waals surface area (Å²) < 4.78 is 5.23. The molecular weight excluding hydrogens is 290 g/mol. The van der Waals surface area contributed by atoms with E-state index in [1.807, 2.05) is 0 Å². The number of aromatic nitrogens is 2. The summed E-state index contributed by atoms with van der Waals surface area (Å²) in [6.45, 7) is 2.08. The van der Waals surface area contributed by atoms with Crippen LogP contribution in [0.15, 0.2) is 33.7 Å². The maximum Gasteiger partial charge on any atom is 0.243 e. The van der Waals surface area contributed by atoms with Crippen LogP contribution in [-0.2, 0) is 5.75 Å². The molecule has 0 aliphatic carbocycles. The zero-order chi connectivity index (χ0) is 14.4. The summed E-state index contributed by atoms with van der Waals surface area (Å²) in [5, 5.41) is 3.99. The molecule has 2 rings (SSSR count). The number of hydrogen-bond acceptors (Lipinski definition) is 6. The number of rotatable bonds is 7. The summed E-state index contributed by atoms with van der Waals surface area (Å²) in [5.41, 5.74) is 7.26. The van der Waals surface area contributed by atoms with E-state index in [0.717, 1.165) is 12.2 Å². The van der Waals surface area contributed by atoms with Gasteiger partial charge in [0.25, 0.3) is 0 Å². The highest BCUT2D eigenvalue weighted by atomic mass is 32.2. The van der Waals surface area contributed by atoms with Crippen molar-refractivity contribution >= 4 is 23.5 Å². The van der Waals surface area contributed by atoms with Gasteiger partial charge in [0.05, 0.1) is 11.8 Å². The average Bonchev–Trinajstić information content (AvgIpc) is 2.91. The van der Waals surface area contributed by atoms with Crippen molar-refractivity contribution < 1.29 is 4.52 Å². The minimum Gasteiger partial charge on any atom is -0.338 e. The molecule has 0 saturated carbocycles. The minimum atomic E-state index is -0.160. The molecule has 2 aromatic rings.